The van der Waals surface area contributed by atoms with Crippen molar-refractivity contribution in [3.8, 4) is 0 Å². The fourth-order valence-corrected chi connectivity index (χ4v) is 4.80. The van der Waals surface area contributed by atoms with E-state index in [2.05, 4.69) is 12.2 Å². The lowest BCUT2D eigenvalue weighted by Gasteiger charge is -2.37. The summed E-state index contributed by atoms with van der Waals surface area (Å²) in [5.41, 5.74) is 0. The van der Waals surface area contributed by atoms with Crippen LogP contribution in [0.2, 0.25) is 0 Å². The van der Waals surface area contributed by atoms with Crippen molar-refractivity contribution in [2.75, 3.05) is 52.4 Å². The summed E-state index contributed by atoms with van der Waals surface area (Å²) in [7, 11) is 0. The van der Waals surface area contributed by atoms with Gasteiger partial charge in [-0.15, -0.1) is 0 Å². The SMILES string of the molecule is CC1CCCN(C(=O)C2CCN(C(=O)NCC3CCN(CC(F)(F)F)C3)CC2)C1. The topological polar surface area (TPSA) is 55.9 Å². The number of hydrogen-bond donors (Lipinski definition) is 1. The lowest BCUT2D eigenvalue weighted by atomic mass is 9.93. The summed E-state index contributed by atoms with van der Waals surface area (Å²) < 4.78 is 37.4. The Morgan fingerprint density at radius 3 is 2.34 bits per heavy atom. The average Bonchev–Trinajstić information content (AvgIpc) is 3.11. The fraction of sp³-hybridized carbons (Fsp3) is 0.900. The van der Waals surface area contributed by atoms with Crippen molar-refractivity contribution in [3.05, 3.63) is 0 Å². The number of nitrogens with one attached hydrogen (secondary N) is 1. The van der Waals surface area contributed by atoms with E-state index in [1.54, 1.807) is 4.90 Å². The number of amides is 3. The molecule has 0 bridgehead atoms. The molecule has 29 heavy (non-hydrogen) atoms. The summed E-state index contributed by atoms with van der Waals surface area (Å²) >= 11 is 0. The number of halogens is 3. The van der Waals surface area contributed by atoms with Gasteiger partial charge in [0.1, 0.15) is 0 Å². The molecular weight excluding hydrogens is 385 g/mol. The smallest absolute Gasteiger partial charge is 0.342 e. The van der Waals surface area contributed by atoms with Gasteiger partial charge in [-0.05, 0) is 50.5 Å². The Balaban J connectivity index is 1.35. The number of alkyl halides is 3. The van der Waals surface area contributed by atoms with E-state index < -0.39 is 12.7 Å². The predicted molar refractivity (Wildman–Crippen MR) is 103 cm³/mol. The minimum atomic E-state index is -4.17. The first kappa shape index (κ1) is 22.2. The molecule has 3 fully saturated rings. The van der Waals surface area contributed by atoms with Gasteiger partial charge >= 0.3 is 12.2 Å². The summed E-state index contributed by atoms with van der Waals surface area (Å²) in [5, 5.41) is 2.87. The summed E-state index contributed by atoms with van der Waals surface area (Å²) in [6.45, 7) is 5.27. The van der Waals surface area contributed by atoms with Gasteiger partial charge in [0, 0.05) is 45.2 Å². The molecule has 3 saturated heterocycles. The van der Waals surface area contributed by atoms with Crippen LogP contribution in [0, 0.1) is 17.8 Å². The third kappa shape index (κ3) is 6.49. The molecule has 0 aromatic carbocycles. The van der Waals surface area contributed by atoms with E-state index in [0.29, 0.717) is 57.9 Å². The van der Waals surface area contributed by atoms with E-state index in [9.17, 15) is 22.8 Å². The van der Waals surface area contributed by atoms with E-state index in [1.807, 2.05) is 4.90 Å². The molecule has 0 aliphatic carbocycles. The highest BCUT2D eigenvalue weighted by atomic mass is 19.4. The van der Waals surface area contributed by atoms with Crippen LogP contribution in [0.25, 0.3) is 0 Å². The summed E-state index contributed by atoms with van der Waals surface area (Å²) in [4.78, 5) is 30.3. The Morgan fingerprint density at radius 2 is 1.69 bits per heavy atom. The molecule has 3 rings (SSSR count). The standard InChI is InChI=1S/C20H33F3N4O2/c1-15-3-2-7-27(12-15)18(28)17-5-9-26(10-6-17)19(29)24-11-16-4-8-25(13-16)14-20(21,22)23/h15-17H,2-14H2,1H3,(H,24,29). The molecule has 2 unspecified atom stereocenters. The number of hydrogen-bond acceptors (Lipinski definition) is 3. The molecule has 1 N–H and O–H groups in total. The maximum atomic E-state index is 12.7. The number of nitrogens with zero attached hydrogens (tertiary/aromatic N) is 3. The number of rotatable bonds is 4. The molecule has 0 aromatic rings. The number of piperidine rings is 2. The maximum Gasteiger partial charge on any atom is 0.401 e. The van der Waals surface area contributed by atoms with Gasteiger partial charge in [0.25, 0.3) is 0 Å². The minimum Gasteiger partial charge on any atom is -0.342 e. The molecule has 3 heterocycles. The van der Waals surface area contributed by atoms with Crippen LogP contribution in [-0.2, 0) is 4.79 Å². The van der Waals surface area contributed by atoms with E-state index in [0.717, 1.165) is 19.5 Å². The maximum absolute atomic E-state index is 12.7. The minimum absolute atomic E-state index is 0.00453. The molecule has 9 heteroatoms. The lowest BCUT2D eigenvalue weighted by molar-refractivity contribution is -0.143. The number of carbonyl (C=O) groups is 2. The molecule has 3 amide bonds. The molecule has 0 saturated carbocycles. The molecular formula is C20H33F3N4O2. The second-order valence-corrected chi connectivity index (χ2v) is 8.98. The average molecular weight is 419 g/mol. The number of urea groups is 1. The third-order valence-electron chi connectivity index (χ3n) is 6.41. The van der Waals surface area contributed by atoms with Gasteiger partial charge in [0.2, 0.25) is 5.91 Å². The van der Waals surface area contributed by atoms with Crippen LogP contribution in [0.1, 0.15) is 39.0 Å². The van der Waals surface area contributed by atoms with Gasteiger partial charge in [-0.1, -0.05) is 6.92 Å². The van der Waals surface area contributed by atoms with Gasteiger partial charge in [-0.3, -0.25) is 9.69 Å². The van der Waals surface area contributed by atoms with Crippen molar-refractivity contribution in [1.82, 2.24) is 20.0 Å². The molecule has 3 aliphatic heterocycles. The normalized spacial score (nSPS) is 27.3. The monoisotopic (exact) mass is 418 g/mol. The van der Waals surface area contributed by atoms with E-state index in [1.165, 1.54) is 11.3 Å². The summed E-state index contributed by atoms with van der Waals surface area (Å²) in [5.74, 6) is 0.838. The van der Waals surface area contributed by atoms with Crippen molar-refractivity contribution in [3.63, 3.8) is 0 Å². The molecule has 3 aliphatic rings. The van der Waals surface area contributed by atoms with E-state index in [-0.39, 0.29) is 23.8 Å². The second kappa shape index (κ2) is 9.53. The largest absolute Gasteiger partial charge is 0.401 e. The van der Waals surface area contributed by atoms with Crippen LogP contribution in [0.4, 0.5) is 18.0 Å². The zero-order chi connectivity index (χ0) is 21.0. The van der Waals surface area contributed by atoms with Crippen LogP contribution >= 0.6 is 0 Å². The van der Waals surface area contributed by atoms with Gasteiger partial charge in [-0.25, -0.2) is 4.79 Å². The second-order valence-electron chi connectivity index (χ2n) is 8.98. The first-order valence-corrected chi connectivity index (χ1v) is 10.8. The Bertz CT molecular complexity index is 579. The quantitative estimate of drug-likeness (QED) is 0.764. The highest BCUT2D eigenvalue weighted by molar-refractivity contribution is 5.80. The van der Waals surface area contributed by atoms with Gasteiger partial charge in [0.15, 0.2) is 0 Å². The molecule has 0 radical (unpaired) electrons. The fourth-order valence-electron chi connectivity index (χ4n) is 4.80. The highest BCUT2D eigenvalue weighted by Gasteiger charge is 2.35. The Morgan fingerprint density at radius 1 is 0.966 bits per heavy atom. The Hall–Kier alpha value is -1.51. The van der Waals surface area contributed by atoms with Crippen LogP contribution in [0.5, 0.6) is 0 Å². The van der Waals surface area contributed by atoms with Gasteiger partial charge in [0.05, 0.1) is 6.54 Å². The summed E-state index contributed by atoms with van der Waals surface area (Å²) in [6, 6.07) is -0.170. The zero-order valence-electron chi connectivity index (χ0n) is 17.2. The third-order valence-corrected chi connectivity index (χ3v) is 6.41. The van der Waals surface area contributed by atoms with Crippen LogP contribution in [0.3, 0.4) is 0 Å². The van der Waals surface area contributed by atoms with Crippen LogP contribution in [-0.4, -0.2) is 85.2 Å². The van der Waals surface area contributed by atoms with Crippen LogP contribution < -0.4 is 5.32 Å². The zero-order valence-corrected chi connectivity index (χ0v) is 17.2. The molecule has 2 atom stereocenters. The Labute approximate surface area is 170 Å². The molecule has 0 spiro atoms. The first-order valence-electron chi connectivity index (χ1n) is 10.8. The van der Waals surface area contributed by atoms with Crippen LogP contribution in [0.15, 0.2) is 0 Å². The molecule has 166 valence electrons. The van der Waals surface area contributed by atoms with Crippen molar-refractivity contribution < 1.29 is 22.8 Å². The van der Waals surface area contributed by atoms with Gasteiger partial charge < -0.3 is 15.1 Å². The van der Waals surface area contributed by atoms with E-state index >= 15 is 0 Å². The Kier molecular flexibility index (Phi) is 7.29. The molecule has 6 nitrogen and oxygen atoms in total. The van der Waals surface area contributed by atoms with Crippen molar-refractivity contribution >= 4 is 11.9 Å². The van der Waals surface area contributed by atoms with Crippen molar-refractivity contribution in [1.29, 1.82) is 0 Å². The lowest BCUT2D eigenvalue weighted by Crippen LogP contribution is -2.49. The summed E-state index contributed by atoms with van der Waals surface area (Å²) in [6.07, 6.45) is 0.0975. The molecule has 0 aromatic heterocycles. The first-order chi connectivity index (χ1) is 13.7. The van der Waals surface area contributed by atoms with Crippen molar-refractivity contribution in [2.24, 2.45) is 17.8 Å². The number of likely N-dealkylation sites (tertiary alicyclic amines) is 3. The van der Waals surface area contributed by atoms with Crippen molar-refractivity contribution in [2.45, 2.75) is 45.2 Å². The van der Waals surface area contributed by atoms with Gasteiger partial charge in [-0.2, -0.15) is 13.2 Å². The highest BCUT2D eigenvalue weighted by Crippen LogP contribution is 2.24. The predicted octanol–water partition coefficient (Wildman–Crippen LogP) is 2.55. The number of carbonyl (C=O) groups excluding carboxylic acids is 2. The van der Waals surface area contributed by atoms with E-state index in [4.69, 9.17) is 0 Å².